The van der Waals surface area contributed by atoms with Crippen LogP contribution in [0.1, 0.15) is 41.4 Å². The Morgan fingerprint density at radius 1 is 0.579 bits per heavy atom. The molecule has 38 heavy (non-hydrogen) atoms. The van der Waals surface area contributed by atoms with Crippen molar-refractivity contribution in [1.82, 2.24) is 0 Å². The van der Waals surface area contributed by atoms with Crippen LogP contribution in [-0.4, -0.2) is 63.6 Å². The fraction of sp³-hybridized carbons (Fsp3) is 0. The molecular weight excluding hydrogens is 639 g/mol. The van der Waals surface area contributed by atoms with Gasteiger partial charge in [0.25, 0.3) is 0 Å². The second-order valence-corrected chi connectivity index (χ2v) is 6.91. The van der Waals surface area contributed by atoms with Crippen LogP contribution in [0.5, 0.6) is 11.5 Å². The molecule has 0 saturated carbocycles. The summed E-state index contributed by atoms with van der Waals surface area (Å²) in [5, 5.41) is 62.0. The molecule has 4 rings (SSSR count). The van der Waals surface area contributed by atoms with Crippen LogP contribution in [0.25, 0.3) is 21.5 Å². The second kappa shape index (κ2) is 16.7. The summed E-state index contributed by atoms with van der Waals surface area (Å²) in [7, 11) is 0. The van der Waals surface area contributed by atoms with Crippen LogP contribution in [0.4, 0.5) is 0 Å². The molecule has 0 bridgehead atoms. The fourth-order valence-corrected chi connectivity index (χ4v) is 3.41. The zero-order valence-corrected chi connectivity index (χ0v) is 29.0. The van der Waals surface area contributed by atoms with Crippen LogP contribution in [-0.2, 0) is 0 Å². The fourth-order valence-electron chi connectivity index (χ4n) is 3.41. The minimum absolute atomic E-state index is 0. The first-order chi connectivity index (χ1) is 16.0. The van der Waals surface area contributed by atoms with Crippen molar-refractivity contribution in [3.05, 3.63) is 82.9 Å². The van der Waals surface area contributed by atoms with E-state index < -0.39 is 57.6 Å². The SMILES string of the molecule is O=C([O-])c1cc2ccccc2c(C(=O)O)c1O.O=C([O-])c1cc2ccccc2c(C(=O)[O-])c1O.[Na+].[Na+].[Na+].[Sb]. The molecule has 0 fully saturated rings. The molecule has 0 aromatic heterocycles. The summed E-state index contributed by atoms with van der Waals surface area (Å²) in [5.41, 5.74) is -2.06. The number of carboxylic acid groups (broad SMARTS) is 4. The summed E-state index contributed by atoms with van der Waals surface area (Å²) in [6, 6.07) is 14.8. The number of carbonyl (C=O) groups is 4. The topological polar surface area (TPSA) is 198 Å². The van der Waals surface area contributed by atoms with Gasteiger partial charge in [-0.3, -0.25) is 0 Å². The minimum atomic E-state index is -1.64. The van der Waals surface area contributed by atoms with Gasteiger partial charge in [-0.25, -0.2) is 4.79 Å². The van der Waals surface area contributed by atoms with Crippen LogP contribution >= 0.6 is 0 Å². The normalized spacial score (nSPS) is 9.26. The molecule has 4 aromatic rings. The molecule has 0 saturated heterocycles. The predicted molar refractivity (Wildman–Crippen MR) is 117 cm³/mol. The van der Waals surface area contributed by atoms with E-state index >= 15 is 0 Å². The van der Waals surface area contributed by atoms with Crippen LogP contribution in [0.15, 0.2) is 60.7 Å². The van der Waals surface area contributed by atoms with E-state index in [-0.39, 0.29) is 124 Å². The Morgan fingerprint density at radius 2 is 0.921 bits per heavy atom. The largest absolute Gasteiger partial charge is 1.00 e. The molecule has 0 unspecified atom stereocenters. The van der Waals surface area contributed by atoms with Gasteiger partial charge in [0.1, 0.15) is 17.1 Å². The van der Waals surface area contributed by atoms with Crippen molar-refractivity contribution in [2.75, 3.05) is 0 Å². The summed E-state index contributed by atoms with van der Waals surface area (Å²) in [5.74, 6) is -7.91. The third kappa shape index (κ3) is 8.35. The standard InChI is InChI=1S/2C12H8O5.3Na.Sb/c2*13-10-8(11(14)15)5-6-3-1-2-4-7(6)9(10)12(16)17;;;;/h2*1-5,13H,(H,14,15)(H,16,17);;;;/q;;3*+1;/p-3. The summed E-state index contributed by atoms with van der Waals surface area (Å²) in [4.78, 5) is 43.5. The Labute approximate surface area is 299 Å². The zero-order chi connectivity index (χ0) is 25.2. The molecule has 3 N–H and O–H groups in total. The van der Waals surface area contributed by atoms with Crippen molar-refractivity contribution in [3.8, 4) is 11.5 Å². The van der Waals surface area contributed by atoms with Crippen molar-refractivity contribution in [3.63, 3.8) is 0 Å². The quantitative estimate of drug-likeness (QED) is 0.178. The van der Waals surface area contributed by atoms with Crippen molar-refractivity contribution in [2.45, 2.75) is 0 Å². The van der Waals surface area contributed by atoms with Gasteiger partial charge >= 0.3 is 94.6 Å². The van der Waals surface area contributed by atoms with Gasteiger partial charge in [0.2, 0.25) is 0 Å². The maximum atomic E-state index is 11.0. The Balaban J connectivity index is 0. The predicted octanol–water partition coefficient (Wildman–Crippen LogP) is -9.49. The zero-order valence-electron chi connectivity index (χ0n) is 20.4. The van der Waals surface area contributed by atoms with Gasteiger partial charge in [0.05, 0.1) is 17.9 Å². The average Bonchev–Trinajstić information content (AvgIpc) is 2.77. The number of benzene rings is 4. The molecule has 0 atom stereocenters. The van der Waals surface area contributed by atoms with Crippen molar-refractivity contribution in [2.24, 2.45) is 0 Å². The van der Waals surface area contributed by atoms with Crippen LogP contribution in [0.2, 0.25) is 0 Å². The maximum Gasteiger partial charge on any atom is 1.00 e. The van der Waals surface area contributed by atoms with E-state index in [4.69, 9.17) is 5.11 Å². The van der Waals surface area contributed by atoms with Crippen LogP contribution in [0, 0.1) is 0 Å². The Kier molecular flexibility index (Phi) is 17.1. The first-order valence-corrected chi connectivity index (χ1v) is 9.41. The maximum absolute atomic E-state index is 11.0. The molecule has 0 spiro atoms. The van der Waals surface area contributed by atoms with E-state index in [0.29, 0.717) is 10.8 Å². The number of carboxylic acids is 4. The summed E-state index contributed by atoms with van der Waals surface area (Å²) < 4.78 is 0. The van der Waals surface area contributed by atoms with Gasteiger partial charge in [-0.2, -0.15) is 0 Å². The molecule has 3 radical (unpaired) electrons. The van der Waals surface area contributed by atoms with E-state index in [1.807, 2.05) is 0 Å². The molecule has 0 aliphatic rings. The molecule has 14 heteroatoms. The molecule has 0 amide bonds. The molecule has 0 aliphatic heterocycles. The molecule has 177 valence electrons. The summed E-state index contributed by atoms with van der Waals surface area (Å²) in [6.07, 6.45) is 0. The Hall–Kier alpha value is -1.30. The van der Waals surface area contributed by atoms with E-state index in [2.05, 4.69) is 0 Å². The van der Waals surface area contributed by atoms with Crippen LogP contribution < -0.4 is 104 Å². The minimum Gasteiger partial charge on any atom is -0.545 e. The van der Waals surface area contributed by atoms with E-state index in [0.717, 1.165) is 6.07 Å². The molecule has 0 heterocycles. The number of phenols is 2. The van der Waals surface area contributed by atoms with Crippen molar-refractivity contribution >= 4 is 69.9 Å². The number of aromatic hydroxyl groups is 2. The van der Waals surface area contributed by atoms with E-state index in [1.165, 1.54) is 24.3 Å². The molecule has 4 aromatic carbocycles. The molecule has 0 aliphatic carbocycles. The van der Waals surface area contributed by atoms with E-state index in [1.54, 1.807) is 30.3 Å². The van der Waals surface area contributed by atoms with Crippen molar-refractivity contribution < 1.29 is 138 Å². The number of fused-ring (bicyclic) bond motifs is 2. The van der Waals surface area contributed by atoms with E-state index in [9.17, 15) is 44.7 Å². The number of hydrogen-bond donors (Lipinski definition) is 3. The van der Waals surface area contributed by atoms with Crippen molar-refractivity contribution in [1.29, 1.82) is 0 Å². The average molecular weight is 652 g/mol. The Morgan fingerprint density at radius 3 is 1.26 bits per heavy atom. The Bertz CT molecular complexity index is 1400. The van der Waals surface area contributed by atoms with Gasteiger partial charge in [-0.1, -0.05) is 48.5 Å². The third-order valence-electron chi connectivity index (χ3n) is 4.90. The summed E-state index contributed by atoms with van der Waals surface area (Å²) >= 11 is 0. The van der Waals surface area contributed by atoms with Crippen LogP contribution in [0.3, 0.4) is 0 Å². The monoisotopic (exact) mass is 651 g/mol. The first kappa shape index (κ1) is 38.8. The summed E-state index contributed by atoms with van der Waals surface area (Å²) in [6.45, 7) is 0. The van der Waals surface area contributed by atoms with Gasteiger partial charge < -0.3 is 45.0 Å². The number of carbonyl (C=O) groups excluding carboxylic acids is 3. The number of hydrogen-bond acceptors (Lipinski definition) is 9. The number of aromatic carboxylic acids is 4. The third-order valence-corrected chi connectivity index (χ3v) is 4.90. The van der Waals surface area contributed by atoms with Gasteiger partial charge in [-0.15, -0.1) is 0 Å². The molecular formula is C24H13Na3O10Sb. The van der Waals surface area contributed by atoms with Gasteiger partial charge in [0, 0.05) is 41.1 Å². The second-order valence-electron chi connectivity index (χ2n) is 6.91. The molecule has 10 nitrogen and oxygen atoms in total. The van der Waals surface area contributed by atoms with Gasteiger partial charge in [0.15, 0.2) is 0 Å². The first-order valence-electron chi connectivity index (χ1n) is 9.41. The smallest absolute Gasteiger partial charge is 0.545 e. The number of rotatable bonds is 4. The van der Waals surface area contributed by atoms with Gasteiger partial charge in [-0.05, 0) is 33.7 Å².